The van der Waals surface area contributed by atoms with E-state index in [9.17, 15) is 4.79 Å². The molecule has 0 saturated carbocycles. The van der Waals surface area contributed by atoms with Crippen LogP contribution in [0.5, 0.6) is 0 Å². The molecule has 5 nitrogen and oxygen atoms in total. The summed E-state index contributed by atoms with van der Waals surface area (Å²) in [5, 5.41) is 0. The van der Waals surface area contributed by atoms with Crippen molar-refractivity contribution in [1.29, 1.82) is 0 Å². The fourth-order valence-corrected chi connectivity index (χ4v) is 2.03. The van der Waals surface area contributed by atoms with E-state index in [-0.39, 0.29) is 12.6 Å². The van der Waals surface area contributed by atoms with Gasteiger partial charge in [-0.1, -0.05) is 12.1 Å². The normalized spacial score (nSPS) is 10.6. The van der Waals surface area contributed by atoms with E-state index in [1.807, 2.05) is 44.2 Å². The summed E-state index contributed by atoms with van der Waals surface area (Å²) in [5.74, 6) is -0.326. The van der Waals surface area contributed by atoms with Crippen LogP contribution in [0.1, 0.15) is 27.2 Å². The first kappa shape index (κ1) is 18.1. The van der Waals surface area contributed by atoms with Crippen LogP contribution in [0.15, 0.2) is 42.6 Å². The molecule has 0 bridgehead atoms. The zero-order valence-electron chi connectivity index (χ0n) is 14.2. The summed E-state index contributed by atoms with van der Waals surface area (Å²) in [4.78, 5) is 16.1. The highest BCUT2D eigenvalue weighted by atomic mass is 16.6. The highest BCUT2D eigenvalue weighted by Gasteiger charge is 2.07. The van der Waals surface area contributed by atoms with E-state index in [0.29, 0.717) is 32.0 Å². The van der Waals surface area contributed by atoms with Gasteiger partial charge in [0, 0.05) is 6.20 Å². The SMILES string of the molecule is Cc1ccc(C(=O)OCCOCCOCc2ccccn2)cc1C. The monoisotopic (exact) mass is 329 g/mol. The minimum Gasteiger partial charge on any atom is -0.460 e. The first-order chi connectivity index (χ1) is 11.7. The number of rotatable bonds is 9. The Balaban J connectivity index is 1.53. The lowest BCUT2D eigenvalue weighted by molar-refractivity contribution is 0.0112. The van der Waals surface area contributed by atoms with E-state index < -0.39 is 0 Å². The van der Waals surface area contributed by atoms with E-state index >= 15 is 0 Å². The Bertz CT molecular complexity index is 643. The summed E-state index contributed by atoms with van der Waals surface area (Å²) in [6.07, 6.45) is 1.74. The third-order valence-electron chi connectivity index (χ3n) is 3.55. The van der Waals surface area contributed by atoms with Crippen LogP contribution < -0.4 is 0 Å². The van der Waals surface area contributed by atoms with E-state index in [1.165, 1.54) is 0 Å². The molecule has 0 unspecified atom stereocenters. The molecule has 0 amide bonds. The molecular formula is C19H23NO4. The Hall–Kier alpha value is -2.24. The van der Waals surface area contributed by atoms with Crippen molar-refractivity contribution in [2.24, 2.45) is 0 Å². The minimum absolute atomic E-state index is 0.228. The average Bonchev–Trinajstić information content (AvgIpc) is 2.60. The van der Waals surface area contributed by atoms with Gasteiger partial charge in [-0.3, -0.25) is 4.98 Å². The summed E-state index contributed by atoms with van der Waals surface area (Å²) < 4.78 is 16.0. The van der Waals surface area contributed by atoms with Crippen LogP contribution in [0, 0.1) is 13.8 Å². The summed E-state index contributed by atoms with van der Waals surface area (Å²) in [6, 6.07) is 11.2. The molecular weight excluding hydrogens is 306 g/mol. The molecule has 2 aromatic rings. The molecule has 24 heavy (non-hydrogen) atoms. The highest BCUT2D eigenvalue weighted by molar-refractivity contribution is 5.89. The molecule has 0 radical (unpaired) electrons. The topological polar surface area (TPSA) is 57.7 Å². The van der Waals surface area contributed by atoms with Crippen molar-refractivity contribution in [2.75, 3.05) is 26.4 Å². The summed E-state index contributed by atoms with van der Waals surface area (Å²) in [5.41, 5.74) is 3.68. The van der Waals surface area contributed by atoms with Crippen LogP contribution in [0.2, 0.25) is 0 Å². The first-order valence-corrected chi connectivity index (χ1v) is 7.96. The number of benzene rings is 1. The summed E-state index contributed by atoms with van der Waals surface area (Å²) in [6.45, 7) is 5.95. The number of aromatic nitrogens is 1. The van der Waals surface area contributed by atoms with Crippen LogP contribution in [0.3, 0.4) is 0 Å². The lowest BCUT2D eigenvalue weighted by atomic mass is 10.1. The van der Waals surface area contributed by atoms with Crippen molar-refractivity contribution in [2.45, 2.75) is 20.5 Å². The van der Waals surface area contributed by atoms with Crippen molar-refractivity contribution in [3.63, 3.8) is 0 Å². The summed E-state index contributed by atoms with van der Waals surface area (Å²) >= 11 is 0. The van der Waals surface area contributed by atoms with Crippen molar-refractivity contribution in [3.8, 4) is 0 Å². The molecule has 0 spiro atoms. The molecule has 5 heteroatoms. The number of hydrogen-bond donors (Lipinski definition) is 0. The second-order valence-electron chi connectivity index (χ2n) is 5.42. The Kier molecular flexibility index (Phi) is 7.39. The molecule has 128 valence electrons. The maximum absolute atomic E-state index is 11.9. The van der Waals surface area contributed by atoms with Gasteiger partial charge < -0.3 is 14.2 Å². The zero-order chi connectivity index (χ0) is 17.2. The predicted octanol–water partition coefficient (Wildman–Crippen LogP) is 3.09. The Morgan fingerprint density at radius 2 is 1.75 bits per heavy atom. The number of nitrogens with zero attached hydrogens (tertiary/aromatic N) is 1. The van der Waals surface area contributed by atoms with Crippen molar-refractivity contribution >= 4 is 5.97 Å². The van der Waals surface area contributed by atoms with Crippen molar-refractivity contribution in [1.82, 2.24) is 4.98 Å². The molecule has 0 saturated heterocycles. The van der Waals surface area contributed by atoms with Crippen LogP contribution in [-0.2, 0) is 20.8 Å². The second-order valence-corrected chi connectivity index (χ2v) is 5.42. The van der Waals surface area contributed by atoms with Gasteiger partial charge in [0.1, 0.15) is 6.61 Å². The number of hydrogen-bond acceptors (Lipinski definition) is 5. The number of carbonyl (C=O) groups is 1. The lowest BCUT2D eigenvalue weighted by Crippen LogP contribution is -2.13. The fourth-order valence-electron chi connectivity index (χ4n) is 2.03. The minimum atomic E-state index is -0.326. The van der Waals surface area contributed by atoms with E-state index in [0.717, 1.165) is 16.8 Å². The van der Waals surface area contributed by atoms with Crippen molar-refractivity contribution in [3.05, 3.63) is 65.0 Å². The average molecular weight is 329 g/mol. The summed E-state index contributed by atoms with van der Waals surface area (Å²) in [7, 11) is 0. The fraction of sp³-hybridized carbons (Fsp3) is 0.368. The molecule has 2 rings (SSSR count). The van der Waals surface area contributed by atoms with Gasteiger partial charge in [-0.25, -0.2) is 4.79 Å². The Morgan fingerprint density at radius 1 is 0.958 bits per heavy atom. The van der Waals surface area contributed by atoms with Gasteiger partial charge in [-0.2, -0.15) is 0 Å². The maximum Gasteiger partial charge on any atom is 0.338 e. The van der Waals surface area contributed by atoms with Gasteiger partial charge in [-0.15, -0.1) is 0 Å². The molecule has 0 aliphatic rings. The number of aryl methyl sites for hydroxylation is 2. The standard InChI is InChI=1S/C19H23NO4/c1-15-6-7-17(13-16(15)2)19(21)24-12-11-22-9-10-23-14-18-5-3-4-8-20-18/h3-8,13H,9-12,14H2,1-2H3. The first-order valence-electron chi connectivity index (χ1n) is 7.96. The predicted molar refractivity (Wildman–Crippen MR) is 90.9 cm³/mol. The van der Waals surface area contributed by atoms with E-state index in [4.69, 9.17) is 14.2 Å². The number of carbonyl (C=O) groups excluding carboxylic acids is 1. The third-order valence-corrected chi connectivity index (χ3v) is 3.55. The van der Waals surface area contributed by atoms with Gasteiger partial charge in [0.25, 0.3) is 0 Å². The molecule has 1 heterocycles. The zero-order valence-corrected chi connectivity index (χ0v) is 14.2. The molecule has 0 fully saturated rings. The molecule has 0 aliphatic heterocycles. The van der Waals surface area contributed by atoms with Gasteiger partial charge in [0.05, 0.1) is 37.7 Å². The van der Waals surface area contributed by atoms with Crippen LogP contribution >= 0.6 is 0 Å². The second kappa shape index (κ2) is 9.80. The lowest BCUT2D eigenvalue weighted by Gasteiger charge is -2.08. The Morgan fingerprint density at radius 3 is 2.50 bits per heavy atom. The van der Waals surface area contributed by atoms with Crippen LogP contribution in [0.4, 0.5) is 0 Å². The van der Waals surface area contributed by atoms with Crippen LogP contribution in [0.25, 0.3) is 0 Å². The Labute approximate surface area is 142 Å². The van der Waals surface area contributed by atoms with Gasteiger partial charge in [0.15, 0.2) is 0 Å². The van der Waals surface area contributed by atoms with Crippen LogP contribution in [-0.4, -0.2) is 37.4 Å². The maximum atomic E-state index is 11.9. The number of ether oxygens (including phenoxy) is 3. The smallest absolute Gasteiger partial charge is 0.338 e. The van der Waals surface area contributed by atoms with Crippen molar-refractivity contribution < 1.29 is 19.0 Å². The van der Waals surface area contributed by atoms with Gasteiger partial charge >= 0.3 is 5.97 Å². The molecule has 0 N–H and O–H groups in total. The number of pyridine rings is 1. The van der Waals surface area contributed by atoms with Gasteiger partial charge in [-0.05, 0) is 49.2 Å². The largest absolute Gasteiger partial charge is 0.460 e. The highest BCUT2D eigenvalue weighted by Crippen LogP contribution is 2.10. The molecule has 0 aliphatic carbocycles. The van der Waals surface area contributed by atoms with Gasteiger partial charge in [0.2, 0.25) is 0 Å². The molecule has 1 aromatic carbocycles. The number of esters is 1. The quantitative estimate of drug-likeness (QED) is 0.523. The molecule has 0 atom stereocenters. The van der Waals surface area contributed by atoms with E-state index in [2.05, 4.69) is 4.98 Å². The van der Waals surface area contributed by atoms with E-state index in [1.54, 1.807) is 12.3 Å². The molecule has 1 aromatic heterocycles. The third kappa shape index (κ3) is 6.10.